The first-order chi connectivity index (χ1) is 16.5. The van der Waals surface area contributed by atoms with Crippen LogP contribution in [0.5, 0.6) is 17.2 Å². The predicted molar refractivity (Wildman–Crippen MR) is 127 cm³/mol. The van der Waals surface area contributed by atoms with Crippen LogP contribution in [-0.2, 0) is 22.6 Å². The zero-order valence-corrected chi connectivity index (χ0v) is 18.4. The molecule has 1 aromatic heterocycles. The van der Waals surface area contributed by atoms with Gasteiger partial charge in [-0.3, -0.25) is 4.79 Å². The zero-order chi connectivity index (χ0) is 23.7. The number of aliphatic carboxylic acids is 1. The van der Waals surface area contributed by atoms with E-state index < -0.39 is 18.5 Å². The normalized spacial score (nSPS) is 14.6. The molecule has 1 amide bonds. The highest BCUT2D eigenvalue weighted by atomic mass is 16.5. The molecule has 0 saturated carbocycles. The molecule has 1 unspecified atom stereocenters. The van der Waals surface area contributed by atoms with Gasteiger partial charge in [0.05, 0.1) is 11.4 Å². The lowest BCUT2D eigenvalue weighted by molar-refractivity contribution is -0.139. The molecule has 0 bridgehead atoms. The van der Waals surface area contributed by atoms with Gasteiger partial charge in [0.25, 0.3) is 0 Å². The van der Waals surface area contributed by atoms with E-state index in [1.165, 1.54) is 0 Å². The summed E-state index contributed by atoms with van der Waals surface area (Å²) in [6, 6.07) is 23.0. The van der Waals surface area contributed by atoms with Gasteiger partial charge in [-0.25, -0.2) is 4.79 Å². The van der Waals surface area contributed by atoms with Crippen LogP contribution in [0.3, 0.4) is 0 Å². The van der Waals surface area contributed by atoms with Gasteiger partial charge >= 0.3 is 5.97 Å². The maximum absolute atomic E-state index is 12.2. The Morgan fingerprint density at radius 2 is 1.71 bits per heavy atom. The largest absolute Gasteiger partial charge is 0.481 e. The van der Waals surface area contributed by atoms with Crippen molar-refractivity contribution in [1.29, 1.82) is 0 Å². The number of carboxylic acids is 1. The number of rotatable bonds is 8. The number of amides is 1. The van der Waals surface area contributed by atoms with Gasteiger partial charge in [-0.15, -0.1) is 0 Å². The Hall–Kier alpha value is -4.26. The summed E-state index contributed by atoms with van der Waals surface area (Å²) in [5, 5.41) is 9.85. The topological polar surface area (TPSA) is 104 Å². The molecule has 0 fully saturated rings. The van der Waals surface area contributed by atoms with Crippen molar-refractivity contribution in [2.45, 2.75) is 25.3 Å². The summed E-state index contributed by atoms with van der Waals surface area (Å²) < 4.78 is 13.7. The van der Waals surface area contributed by atoms with Gasteiger partial charge < -0.3 is 24.9 Å². The molecule has 0 radical (unpaired) electrons. The van der Waals surface area contributed by atoms with Gasteiger partial charge in [-0.2, -0.15) is 0 Å². The van der Waals surface area contributed by atoms with Crippen LogP contribution in [0.1, 0.15) is 29.2 Å². The summed E-state index contributed by atoms with van der Waals surface area (Å²) in [7, 11) is 0. The van der Waals surface area contributed by atoms with Crippen molar-refractivity contribution in [3.8, 4) is 17.2 Å². The second-order valence-corrected chi connectivity index (χ2v) is 8.33. The number of para-hydroxylation sites is 1. The van der Waals surface area contributed by atoms with Crippen LogP contribution in [0.4, 0.5) is 0 Å². The van der Waals surface area contributed by atoms with Crippen molar-refractivity contribution < 1.29 is 24.2 Å². The molecule has 1 atom stereocenters. The standard InChI is InChI=1S/C27H24N2O5/c28-27(32)20-13-14-22-25(20)26-21(7-4-8-23(26)33-16-24(30)31)29(22)15-17-9-11-19(12-10-17)34-18-5-2-1-3-6-18/h1-12,20H,13-16H2,(H2,28,32)(H,30,31). The zero-order valence-electron chi connectivity index (χ0n) is 18.4. The number of carbonyl (C=O) groups is 2. The quantitative estimate of drug-likeness (QED) is 0.407. The van der Waals surface area contributed by atoms with Gasteiger partial charge in [-0.05, 0) is 60.4 Å². The molecule has 34 heavy (non-hydrogen) atoms. The second-order valence-electron chi connectivity index (χ2n) is 8.33. The van der Waals surface area contributed by atoms with E-state index in [0.717, 1.165) is 39.2 Å². The minimum atomic E-state index is -1.06. The Bertz CT molecular complexity index is 1360. The monoisotopic (exact) mass is 456 g/mol. The lowest BCUT2D eigenvalue weighted by atomic mass is 9.99. The fraction of sp³-hybridized carbons (Fsp3) is 0.185. The fourth-order valence-corrected chi connectivity index (χ4v) is 4.72. The molecule has 0 aliphatic heterocycles. The molecule has 3 N–H and O–H groups in total. The van der Waals surface area contributed by atoms with E-state index >= 15 is 0 Å². The third kappa shape index (κ3) is 4.08. The molecule has 0 spiro atoms. The first-order valence-electron chi connectivity index (χ1n) is 11.1. The molecule has 1 heterocycles. The van der Waals surface area contributed by atoms with Crippen molar-refractivity contribution in [3.05, 3.63) is 89.6 Å². The highest BCUT2D eigenvalue weighted by Gasteiger charge is 2.34. The van der Waals surface area contributed by atoms with E-state index in [-0.39, 0.29) is 5.91 Å². The summed E-state index contributed by atoms with van der Waals surface area (Å²) in [4.78, 5) is 23.3. The number of carbonyl (C=O) groups excluding carboxylic acids is 1. The summed E-state index contributed by atoms with van der Waals surface area (Å²) in [6.45, 7) is 0.133. The number of nitrogens with zero attached hydrogens (tertiary/aromatic N) is 1. The number of benzene rings is 3. The number of nitrogens with two attached hydrogens (primary N) is 1. The van der Waals surface area contributed by atoms with E-state index in [4.69, 9.17) is 20.3 Å². The number of fused-ring (bicyclic) bond motifs is 3. The highest BCUT2D eigenvalue weighted by Crippen LogP contribution is 2.44. The molecule has 7 nitrogen and oxygen atoms in total. The Kier molecular flexibility index (Phi) is 5.67. The van der Waals surface area contributed by atoms with Crippen molar-refractivity contribution in [3.63, 3.8) is 0 Å². The number of aromatic nitrogens is 1. The summed E-state index contributed by atoms with van der Waals surface area (Å²) in [5.74, 6) is 0.113. The maximum Gasteiger partial charge on any atom is 0.341 e. The van der Waals surface area contributed by atoms with Crippen LogP contribution >= 0.6 is 0 Å². The summed E-state index contributed by atoms with van der Waals surface area (Å²) >= 11 is 0. The average Bonchev–Trinajstić information content (AvgIpc) is 3.39. The summed E-state index contributed by atoms with van der Waals surface area (Å²) in [6.07, 6.45) is 1.35. The molecule has 1 aliphatic rings. The average molecular weight is 456 g/mol. The van der Waals surface area contributed by atoms with Gasteiger partial charge in [0.1, 0.15) is 17.2 Å². The van der Waals surface area contributed by atoms with Crippen LogP contribution in [0.25, 0.3) is 10.9 Å². The molecular weight excluding hydrogens is 432 g/mol. The van der Waals surface area contributed by atoms with Crippen LogP contribution in [-0.4, -0.2) is 28.2 Å². The van der Waals surface area contributed by atoms with E-state index in [0.29, 0.717) is 25.1 Å². The number of carboxylic acid groups (broad SMARTS) is 1. The van der Waals surface area contributed by atoms with Gasteiger partial charge in [0, 0.05) is 17.6 Å². The Balaban J connectivity index is 1.51. The number of primary amides is 1. The van der Waals surface area contributed by atoms with Crippen LogP contribution in [0.2, 0.25) is 0 Å². The number of hydrogen-bond donors (Lipinski definition) is 2. The molecule has 4 aromatic rings. The second kappa shape index (κ2) is 8.94. The molecule has 5 rings (SSSR count). The van der Waals surface area contributed by atoms with Crippen LogP contribution in [0.15, 0.2) is 72.8 Å². The molecule has 172 valence electrons. The molecule has 3 aromatic carbocycles. The van der Waals surface area contributed by atoms with Crippen molar-refractivity contribution >= 4 is 22.8 Å². The number of ether oxygens (including phenoxy) is 2. The minimum Gasteiger partial charge on any atom is -0.481 e. The summed E-state index contributed by atoms with van der Waals surface area (Å²) in [5.41, 5.74) is 9.57. The Labute approximate surface area is 196 Å². The molecule has 7 heteroatoms. The van der Waals surface area contributed by atoms with E-state index in [2.05, 4.69) is 4.57 Å². The molecule has 1 aliphatic carbocycles. The van der Waals surface area contributed by atoms with Crippen molar-refractivity contribution in [1.82, 2.24) is 4.57 Å². The first kappa shape index (κ1) is 21.6. The van der Waals surface area contributed by atoms with Gasteiger partial charge in [0.2, 0.25) is 5.91 Å². The van der Waals surface area contributed by atoms with Gasteiger partial charge in [0.15, 0.2) is 6.61 Å². The van der Waals surface area contributed by atoms with Crippen LogP contribution < -0.4 is 15.2 Å². The Morgan fingerprint density at radius 1 is 0.971 bits per heavy atom. The minimum absolute atomic E-state index is 0.381. The lowest BCUT2D eigenvalue weighted by Crippen LogP contribution is -2.19. The van der Waals surface area contributed by atoms with E-state index in [9.17, 15) is 9.59 Å². The SMILES string of the molecule is NC(=O)C1CCc2c1c1c(OCC(=O)O)cccc1n2Cc1ccc(Oc2ccccc2)cc1. The lowest BCUT2D eigenvalue weighted by Gasteiger charge is -2.12. The predicted octanol–water partition coefficient (Wildman–Crippen LogP) is 4.46. The molecule has 0 saturated heterocycles. The number of hydrogen-bond acceptors (Lipinski definition) is 4. The van der Waals surface area contributed by atoms with Crippen molar-refractivity contribution in [2.75, 3.05) is 6.61 Å². The Morgan fingerprint density at radius 3 is 2.41 bits per heavy atom. The smallest absolute Gasteiger partial charge is 0.341 e. The van der Waals surface area contributed by atoms with Gasteiger partial charge in [-0.1, -0.05) is 36.4 Å². The highest BCUT2D eigenvalue weighted by molar-refractivity contribution is 5.97. The van der Waals surface area contributed by atoms with Crippen molar-refractivity contribution in [2.24, 2.45) is 5.73 Å². The third-order valence-electron chi connectivity index (χ3n) is 6.16. The fourth-order valence-electron chi connectivity index (χ4n) is 4.72. The van der Waals surface area contributed by atoms with E-state index in [1.807, 2.05) is 66.7 Å². The first-order valence-corrected chi connectivity index (χ1v) is 11.1. The van der Waals surface area contributed by atoms with Crippen LogP contribution in [0, 0.1) is 0 Å². The third-order valence-corrected chi connectivity index (χ3v) is 6.16. The van der Waals surface area contributed by atoms with E-state index in [1.54, 1.807) is 6.07 Å². The maximum atomic E-state index is 12.2. The molecular formula is C27H24N2O5.